The summed E-state index contributed by atoms with van der Waals surface area (Å²) >= 11 is 0. The second-order valence-corrected chi connectivity index (χ2v) is 10.2. The number of carbonyl (C=O) groups excluding carboxylic acids is 1. The standard InChI is InChI=1S/C15H20FNO6S2/c1-3-23-15(18)7-17-12-8-24(19,20)9-14(12)25(21,22)13-6-10(2)4-5-11(13)16/h4-6,12,14,17H,3,7-9H2,1-2H3/t12-,14-/m0/s1. The van der Waals surface area contributed by atoms with E-state index >= 15 is 0 Å². The Morgan fingerprint density at radius 2 is 2.04 bits per heavy atom. The largest absolute Gasteiger partial charge is 0.465 e. The van der Waals surface area contributed by atoms with Gasteiger partial charge in [0.25, 0.3) is 0 Å². The van der Waals surface area contributed by atoms with Crippen molar-refractivity contribution in [2.45, 2.75) is 30.0 Å². The highest BCUT2D eigenvalue weighted by Crippen LogP contribution is 2.28. The van der Waals surface area contributed by atoms with E-state index in [1.807, 2.05) is 0 Å². The zero-order valence-corrected chi connectivity index (χ0v) is 15.5. The molecule has 2 rings (SSSR count). The van der Waals surface area contributed by atoms with Gasteiger partial charge in [0.05, 0.1) is 29.9 Å². The van der Waals surface area contributed by atoms with Crippen molar-refractivity contribution in [3.05, 3.63) is 29.6 Å². The normalized spacial score (nSPS) is 22.7. The molecule has 2 atom stereocenters. The van der Waals surface area contributed by atoms with Crippen LogP contribution in [0.3, 0.4) is 0 Å². The number of aryl methyl sites for hydroxylation is 1. The van der Waals surface area contributed by atoms with Gasteiger partial charge in [-0.1, -0.05) is 6.07 Å². The van der Waals surface area contributed by atoms with E-state index in [1.54, 1.807) is 13.8 Å². The number of benzene rings is 1. The minimum absolute atomic E-state index is 0.152. The summed E-state index contributed by atoms with van der Waals surface area (Å²) in [6, 6.07) is 2.63. The van der Waals surface area contributed by atoms with Crippen LogP contribution in [-0.4, -0.2) is 58.8 Å². The predicted molar refractivity (Wildman–Crippen MR) is 89.2 cm³/mol. The Hall–Kier alpha value is -1.52. The molecule has 10 heteroatoms. The summed E-state index contributed by atoms with van der Waals surface area (Å²) in [6.45, 7) is 3.06. The molecule has 0 aromatic heterocycles. The van der Waals surface area contributed by atoms with E-state index in [4.69, 9.17) is 4.74 Å². The molecular weight excluding hydrogens is 373 g/mol. The number of nitrogens with one attached hydrogen (secondary N) is 1. The van der Waals surface area contributed by atoms with E-state index in [1.165, 1.54) is 12.1 Å². The quantitative estimate of drug-likeness (QED) is 0.689. The van der Waals surface area contributed by atoms with Crippen molar-refractivity contribution >= 4 is 25.6 Å². The fraction of sp³-hybridized carbons (Fsp3) is 0.533. The van der Waals surface area contributed by atoms with Crippen molar-refractivity contribution in [1.82, 2.24) is 5.32 Å². The van der Waals surface area contributed by atoms with Crippen LogP contribution < -0.4 is 5.32 Å². The zero-order valence-electron chi connectivity index (χ0n) is 13.9. The van der Waals surface area contributed by atoms with E-state index in [0.717, 1.165) is 6.07 Å². The fourth-order valence-corrected chi connectivity index (χ4v) is 7.60. The molecule has 0 bridgehead atoms. The fourth-order valence-electron chi connectivity index (χ4n) is 2.73. The predicted octanol–water partition coefficient (Wildman–Crippen LogP) is 0.226. The van der Waals surface area contributed by atoms with Crippen molar-refractivity contribution in [2.24, 2.45) is 0 Å². The Labute approximate surface area is 146 Å². The average molecular weight is 393 g/mol. The molecule has 1 aliphatic heterocycles. The van der Waals surface area contributed by atoms with Gasteiger partial charge in [0.1, 0.15) is 10.7 Å². The average Bonchev–Trinajstić information content (AvgIpc) is 2.83. The van der Waals surface area contributed by atoms with Gasteiger partial charge in [-0.15, -0.1) is 0 Å². The maximum Gasteiger partial charge on any atom is 0.319 e. The highest BCUT2D eigenvalue weighted by molar-refractivity contribution is 7.96. The van der Waals surface area contributed by atoms with E-state index in [9.17, 15) is 26.0 Å². The molecule has 0 spiro atoms. The van der Waals surface area contributed by atoms with Crippen LogP contribution in [0.1, 0.15) is 12.5 Å². The lowest BCUT2D eigenvalue weighted by molar-refractivity contribution is -0.142. The van der Waals surface area contributed by atoms with Gasteiger partial charge in [-0.3, -0.25) is 4.79 Å². The monoisotopic (exact) mass is 393 g/mol. The first-order chi connectivity index (χ1) is 11.6. The molecule has 0 radical (unpaired) electrons. The lowest BCUT2D eigenvalue weighted by atomic mass is 10.2. The first kappa shape index (κ1) is 19.8. The Morgan fingerprint density at radius 3 is 2.68 bits per heavy atom. The third kappa shape index (κ3) is 4.56. The maximum absolute atomic E-state index is 14.0. The van der Waals surface area contributed by atoms with Crippen LogP contribution in [0.4, 0.5) is 4.39 Å². The van der Waals surface area contributed by atoms with Crippen molar-refractivity contribution in [3.8, 4) is 0 Å². The molecule has 1 aromatic carbocycles. The molecule has 0 aliphatic carbocycles. The first-order valence-electron chi connectivity index (χ1n) is 7.66. The van der Waals surface area contributed by atoms with Gasteiger partial charge in [0.15, 0.2) is 19.7 Å². The van der Waals surface area contributed by atoms with Crippen LogP contribution in [-0.2, 0) is 29.2 Å². The van der Waals surface area contributed by atoms with E-state index in [0.29, 0.717) is 5.56 Å². The molecular formula is C15H20FNO6S2. The zero-order chi connectivity index (χ0) is 18.8. The minimum atomic E-state index is -4.24. The van der Waals surface area contributed by atoms with Crippen molar-refractivity contribution in [2.75, 3.05) is 24.7 Å². The minimum Gasteiger partial charge on any atom is -0.465 e. The van der Waals surface area contributed by atoms with Gasteiger partial charge in [0.2, 0.25) is 0 Å². The third-order valence-electron chi connectivity index (χ3n) is 3.91. The molecule has 25 heavy (non-hydrogen) atoms. The number of esters is 1. The second-order valence-electron chi connectivity index (χ2n) is 5.89. The number of halogens is 1. The van der Waals surface area contributed by atoms with E-state index in [-0.39, 0.29) is 13.2 Å². The molecule has 1 heterocycles. The topological polar surface area (TPSA) is 107 Å². The molecule has 1 aliphatic rings. The van der Waals surface area contributed by atoms with E-state index in [2.05, 4.69) is 5.32 Å². The third-order valence-corrected chi connectivity index (χ3v) is 8.07. The number of sulfone groups is 2. The lowest BCUT2D eigenvalue weighted by Crippen LogP contribution is -2.45. The maximum atomic E-state index is 14.0. The van der Waals surface area contributed by atoms with E-state index < -0.39 is 59.2 Å². The molecule has 1 fully saturated rings. The smallest absolute Gasteiger partial charge is 0.319 e. The molecule has 1 aromatic rings. The number of hydrogen-bond donors (Lipinski definition) is 1. The van der Waals surface area contributed by atoms with Crippen molar-refractivity contribution in [1.29, 1.82) is 0 Å². The van der Waals surface area contributed by atoms with Crippen LogP contribution in [0.15, 0.2) is 23.1 Å². The molecule has 0 saturated carbocycles. The molecule has 1 N–H and O–H groups in total. The summed E-state index contributed by atoms with van der Waals surface area (Å²) < 4.78 is 68.3. The summed E-state index contributed by atoms with van der Waals surface area (Å²) in [4.78, 5) is 10.9. The van der Waals surface area contributed by atoms with Crippen LogP contribution in [0, 0.1) is 12.7 Å². The van der Waals surface area contributed by atoms with Crippen LogP contribution in [0.2, 0.25) is 0 Å². The summed E-state index contributed by atoms with van der Waals surface area (Å²) in [5.74, 6) is -2.61. The first-order valence-corrected chi connectivity index (χ1v) is 11.0. The Morgan fingerprint density at radius 1 is 1.36 bits per heavy atom. The second kappa shape index (κ2) is 7.38. The lowest BCUT2D eigenvalue weighted by Gasteiger charge is -2.20. The molecule has 0 unspecified atom stereocenters. The van der Waals surface area contributed by atoms with Crippen LogP contribution in [0.5, 0.6) is 0 Å². The summed E-state index contributed by atoms with van der Waals surface area (Å²) in [6.07, 6.45) is 0. The number of rotatable bonds is 6. The van der Waals surface area contributed by atoms with Gasteiger partial charge in [-0.2, -0.15) is 0 Å². The number of ether oxygens (including phenoxy) is 1. The Balaban J connectivity index is 2.32. The molecule has 0 amide bonds. The molecule has 7 nitrogen and oxygen atoms in total. The molecule has 140 valence electrons. The summed E-state index contributed by atoms with van der Waals surface area (Å²) in [7, 11) is -7.88. The number of hydrogen-bond acceptors (Lipinski definition) is 7. The summed E-state index contributed by atoms with van der Waals surface area (Å²) in [5, 5.41) is 1.25. The van der Waals surface area contributed by atoms with Crippen LogP contribution in [0.25, 0.3) is 0 Å². The van der Waals surface area contributed by atoms with Crippen molar-refractivity contribution < 1.29 is 30.8 Å². The molecule has 1 saturated heterocycles. The summed E-state index contributed by atoms with van der Waals surface area (Å²) in [5.41, 5.74) is 0.539. The van der Waals surface area contributed by atoms with Gasteiger partial charge >= 0.3 is 5.97 Å². The highest BCUT2D eigenvalue weighted by Gasteiger charge is 2.46. The van der Waals surface area contributed by atoms with Crippen LogP contribution >= 0.6 is 0 Å². The van der Waals surface area contributed by atoms with Gasteiger partial charge < -0.3 is 10.1 Å². The van der Waals surface area contributed by atoms with Gasteiger partial charge in [-0.05, 0) is 31.5 Å². The van der Waals surface area contributed by atoms with Crippen molar-refractivity contribution in [3.63, 3.8) is 0 Å². The highest BCUT2D eigenvalue weighted by atomic mass is 32.2. The Kier molecular flexibility index (Phi) is 5.85. The van der Waals surface area contributed by atoms with Gasteiger partial charge in [0, 0.05) is 6.04 Å². The SMILES string of the molecule is CCOC(=O)CN[C@H]1CS(=O)(=O)C[C@@H]1S(=O)(=O)c1cc(C)ccc1F. The van der Waals surface area contributed by atoms with Gasteiger partial charge in [-0.25, -0.2) is 21.2 Å². The Bertz CT molecular complexity index is 866. The number of carbonyl (C=O) groups is 1.